The van der Waals surface area contributed by atoms with E-state index in [4.69, 9.17) is 0 Å². The van der Waals surface area contributed by atoms with Gasteiger partial charge >= 0.3 is 0 Å². The zero-order valence-corrected chi connectivity index (χ0v) is 25.1. The minimum Gasteiger partial charge on any atom is -0.351 e. The van der Waals surface area contributed by atoms with Crippen LogP contribution in [0.2, 0.25) is 0 Å². The molecule has 0 bridgehead atoms. The lowest BCUT2D eigenvalue weighted by Crippen LogP contribution is -2.53. The summed E-state index contributed by atoms with van der Waals surface area (Å²) in [7, 11) is 0. The first-order valence-corrected chi connectivity index (χ1v) is 15.9. The summed E-state index contributed by atoms with van der Waals surface area (Å²) in [4.78, 5) is 36.3. The molecule has 44 heavy (non-hydrogen) atoms. The second-order valence-corrected chi connectivity index (χ2v) is 12.2. The van der Waals surface area contributed by atoms with Crippen LogP contribution in [0, 0.1) is 5.82 Å². The van der Waals surface area contributed by atoms with E-state index in [1.807, 2.05) is 48.5 Å². The number of amides is 2. The monoisotopic (exact) mass is 592 g/mol. The molecule has 1 saturated heterocycles. The Morgan fingerprint density at radius 1 is 0.818 bits per heavy atom. The minimum absolute atomic E-state index is 0.0824. The van der Waals surface area contributed by atoms with Crippen LogP contribution in [-0.4, -0.2) is 51.8 Å². The number of carbonyl (C=O) groups is 2. The van der Waals surface area contributed by atoms with E-state index in [-0.39, 0.29) is 29.7 Å². The van der Waals surface area contributed by atoms with Crippen molar-refractivity contribution in [3.63, 3.8) is 0 Å². The van der Waals surface area contributed by atoms with Crippen molar-refractivity contribution in [3.8, 4) is 11.3 Å². The predicted octanol–water partition coefficient (Wildman–Crippen LogP) is 7.12. The first-order chi connectivity index (χ1) is 21.5. The van der Waals surface area contributed by atoms with Gasteiger partial charge in [-0.1, -0.05) is 92.1 Å². The Labute approximate surface area is 259 Å². The first kappa shape index (κ1) is 29.8. The van der Waals surface area contributed by atoms with Gasteiger partial charge in [0.05, 0.1) is 0 Å². The molecule has 7 heteroatoms. The normalized spacial score (nSPS) is 17.2. The maximum absolute atomic E-state index is 14.6. The molecule has 1 saturated carbocycles. The average Bonchev–Trinajstić information content (AvgIpc) is 3.57. The van der Waals surface area contributed by atoms with Crippen LogP contribution in [0.4, 0.5) is 4.39 Å². The number of benzene rings is 3. The second-order valence-electron chi connectivity index (χ2n) is 12.2. The summed E-state index contributed by atoms with van der Waals surface area (Å²) in [6.07, 6.45) is 6.68. The summed E-state index contributed by atoms with van der Waals surface area (Å²) < 4.78 is 14.1. The molecule has 1 aliphatic heterocycles. The van der Waals surface area contributed by atoms with Crippen molar-refractivity contribution >= 4 is 11.8 Å². The Balaban J connectivity index is 1.32. The molecule has 0 radical (unpaired) electrons. The summed E-state index contributed by atoms with van der Waals surface area (Å²) in [5.74, 6) is -0.788. The van der Waals surface area contributed by atoms with Gasteiger partial charge in [0, 0.05) is 37.4 Å². The third-order valence-electron chi connectivity index (χ3n) is 9.10. The third-order valence-corrected chi connectivity index (χ3v) is 9.10. The van der Waals surface area contributed by atoms with E-state index in [9.17, 15) is 14.0 Å². The van der Waals surface area contributed by atoms with Crippen LogP contribution in [0.3, 0.4) is 0 Å². The molecule has 3 aromatic carbocycles. The Morgan fingerprint density at radius 3 is 2.16 bits per heavy atom. The average molecular weight is 593 g/mol. The molecule has 1 aliphatic carbocycles. The molecule has 2 aliphatic rings. The number of aromatic amines is 1. The number of carbonyl (C=O) groups excluding carboxylic acids is 2. The highest BCUT2D eigenvalue weighted by molar-refractivity contribution is 5.97. The highest BCUT2D eigenvalue weighted by atomic mass is 19.1. The number of piperidine rings is 1. The summed E-state index contributed by atoms with van der Waals surface area (Å²) >= 11 is 0. The van der Waals surface area contributed by atoms with Gasteiger partial charge in [0.25, 0.3) is 5.91 Å². The zero-order chi connectivity index (χ0) is 30.3. The van der Waals surface area contributed by atoms with Gasteiger partial charge in [-0.2, -0.15) is 0 Å². The molecule has 0 spiro atoms. The lowest BCUT2D eigenvalue weighted by Gasteiger charge is -2.42. The molecule has 0 unspecified atom stereocenters. The minimum atomic E-state index is -0.876. The molecule has 6 rings (SSSR count). The highest BCUT2D eigenvalue weighted by Crippen LogP contribution is 2.32. The van der Waals surface area contributed by atoms with Crippen LogP contribution in [0.25, 0.3) is 11.3 Å². The Kier molecular flexibility index (Phi) is 9.51. The van der Waals surface area contributed by atoms with Crippen molar-refractivity contribution in [2.75, 3.05) is 13.1 Å². The number of rotatable bonds is 9. The number of hydrogen-bond acceptors (Lipinski definition) is 3. The molecule has 2 amide bonds. The number of hydrogen-bond donors (Lipinski definition) is 2. The largest absolute Gasteiger partial charge is 0.351 e. The number of nitrogens with zero attached hydrogens (tertiary/aromatic N) is 2. The zero-order valence-electron chi connectivity index (χ0n) is 25.1. The summed E-state index contributed by atoms with van der Waals surface area (Å²) in [6.45, 7) is 2.47. The van der Waals surface area contributed by atoms with E-state index < -0.39 is 6.04 Å². The van der Waals surface area contributed by atoms with Gasteiger partial charge in [-0.05, 0) is 66.6 Å². The fourth-order valence-corrected chi connectivity index (χ4v) is 6.75. The summed E-state index contributed by atoms with van der Waals surface area (Å²) in [6, 6.07) is 29.1. The molecule has 6 nitrogen and oxygen atoms in total. The van der Waals surface area contributed by atoms with Crippen molar-refractivity contribution in [2.45, 2.75) is 69.6 Å². The van der Waals surface area contributed by atoms with Gasteiger partial charge in [-0.15, -0.1) is 0 Å². The van der Waals surface area contributed by atoms with Crippen LogP contribution < -0.4 is 5.32 Å². The van der Waals surface area contributed by atoms with Crippen molar-refractivity contribution in [2.24, 2.45) is 0 Å². The molecule has 1 atom stereocenters. The molecular formula is C37H41FN4O2. The lowest BCUT2D eigenvalue weighted by atomic mass is 9.93. The highest BCUT2D eigenvalue weighted by Gasteiger charge is 2.39. The Bertz CT molecular complexity index is 1510. The van der Waals surface area contributed by atoms with Gasteiger partial charge in [-0.3, -0.25) is 14.5 Å². The first-order valence-electron chi connectivity index (χ1n) is 15.9. The molecule has 4 aromatic rings. The van der Waals surface area contributed by atoms with Crippen molar-refractivity contribution < 1.29 is 14.0 Å². The van der Waals surface area contributed by atoms with E-state index in [0.29, 0.717) is 11.3 Å². The fraction of sp³-hybridized carbons (Fsp3) is 0.351. The van der Waals surface area contributed by atoms with Gasteiger partial charge in [0.1, 0.15) is 17.6 Å². The number of halogens is 1. The Hall–Kier alpha value is -4.23. The molecule has 2 N–H and O–H groups in total. The van der Waals surface area contributed by atoms with Gasteiger partial charge in [-0.25, -0.2) is 4.39 Å². The number of nitrogens with one attached hydrogen (secondary N) is 2. The van der Waals surface area contributed by atoms with E-state index in [1.165, 1.54) is 24.1 Å². The number of aromatic nitrogens is 1. The standard InChI is InChI=1S/C37H41FN4O2/c38-30-18-16-29(17-19-30)35(36(43)39-31-14-8-3-9-15-31)42(32-22-24-41(25-23-32)26-27-10-4-1-5-11-27)37(44)34-21-20-33(40-34)28-12-6-2-7-13-28/h1-2,4-7,10-13,16-21,31-32,35,40H,3,8-9,14-15,22-26H2,(H,39,43)/t35-/m1/s1. The van der Waals surface area contributed by atoms with E-state index in [1.54, 1.807) is 17.0 Å². The lowest BCUT2D eigenvalue weighted by molar-refractivity contribution is -0.128. The second kappa shape index (κ2) is 14.0. The maximum atomic E-state index is 14.6. The smallest absolute Gasteiger partial charge is 0.271 e. The summed E-state index contributed by atoms with van der Waals surface area (Å²) in [5, 5.41) is 3.28. The van der Waals surface area contributed by atoms with E-state index in [0.717, 1.165) is 69.4 Å². The van der Waals surface area contributed by atoms with E-state index >= 15 is 0 Å². The molecular weight excluding hydrogens is 551 g/mol. The topological polar surface area (TPSA) is 68.4 Å². The molecule has 2 fully saturated rings. The third kappa shape index (κ3) is 7.11. The maximum Gasteiger partial charge on any atom is 0.271 e. The molecule has 228 valence electrons. The van der Waals surface area contributed by atoms with Crippen molar-refractivity contribution in [1.82, 2.24) is 20.1 Å². The van der Waals surface area contributed by atoms with Gasteiger partial charge < -0.3 is 15.2 Å². The summed E-state index contributed by atoms with van der Waals surface area (Å²) in [5.41, 5.74) is 4.14. The SMILES string of the molecule is O=C(NC1CCCCC1)[C@@H](c1ccc(F)cc1)N(C(=O)c1ccc(-c2ccccc2)[nH]1)C1CCN(Cc2ccccc2)CC1. The van der Waals surface area contributed by atoms with Crippen molar-refractivity contribution in [1.29, 1.82) is 0 Å². The molecule has 2 heterocycles. The fourth-order valence-electron chi connectivity index (χ4n) is 6.75. The number of likely N-dealkylation sites (tertiary alicyclic amines) is 1. The quantitative estimate of drug-likeness (QED) is 0.218. The van der Waals surface area contributed by atoms with Crippen LogP contribution in [0.1, 0.15) is 72.6 Å². The predicted molar refractivity (Wildman–Crippen MR) is 171 cm³/mol. The number of H-pyrrole nitrogens is 1. The van der Waals surface area contributed by atoms with E-state index in [2.05, 4.69) is 39.5 Å². The van der Waals surface area contributed by atoms with Crippen LogP contribution in [0.15, 0.2) is 97.1 Å². The van der Waals surface area contributed by atoms with Crippen LogP contribution in [0.5, 0.6) is 0 Å². The van der Waals surface area contributed by atoms with Gasteiger partial charge in [0.2, 0.25) is 5.91 Å². The van der Waals surface area contributed by atoms with Crippen LogP contribution >= 0.6 is 0 Å². The molecule has 1 aromatic heterocycles. The Morgan fingerprint density at radius 2 is 1.48 bits per heavy atom. The van der Waals surface area contributed by atoms with Crippen molar-refractivity contribution in [3.05, 3.63) is 120 Å². The van der Waals surface area contributed by atoms with Gasteiger partial charge in [0.15, 0.2) is 0 Å². The van der Waals surface area contributed by atoms with Crippen LogP contribution in [-0.2, 0) is 11.3 Å².